The maximum Gasteiger partial charge on any atom is 0.120 e. The summed E-state index contributed by atoms with van der Waals surface area (Å²) in [5.74, 6) is 0. The van der Waals surface area contributed by atoms with Gasteiger partial charge in [-0.1, -0.05) is 69.8 Å². The number of aldehydes is 1. The molecule has 0 aliphatic carbocycles. The number of unbranched alkanes of at least 4 members (excludes halogenated alkanes) is 8. The molecule has 0 saturated carbocycles. The summed E-state index contributed by atoms with van der Waals surface area (Å²) in [5.41, 5.74) is 0. The van der Waals surface area contributed by atoms with Crippen molar-refractivity contribution in [1.29, 1.82) is 0 Å². The van der Waals surface area contributed by atoms with E-state index in [1.165, 1.54) is 51.4 Å². The third-order valence-corrected chi connectivity index (χ3v) is 2.81. The van der Waals surface area contributed by atoms with Crippen molar-refractivity contribution < 1.29 is 4.79 Å². The lowest BCUT2D eigenvalue weighted by Gasteiger charge is -1.98. The van der Waals surface area contributed by atoms with Crippen LogP contribution < -0.4 is 0 Å². The summed E-state index contributed by atoms with van der Waals surface area (Å²) in [6.07, 6.45) is 21.7. The summed E-state index contributed by atoms with van der Waals surface area (Å²) in [6.45, 7) is 2.26. The molecule has 17 heavy (non-hydrogen) atoms. The van der Waals surface area contributed by atoms with Crippen molar-refractivity contribution in [3.8, 4) is 0 Å². The number of allylic oxidation sites excluding steroid dienone is 4. The third-order valence-electron chi connectivity index (χ3n) is 2.81. The lowest BCUT2D eigenvalue weighted by molar-refractivity contribution is -0.107. The second kappa shape index (κ2) is 15.1. The van der Waals surface area contributed by atoms with Gasteiger partial charge < -0.3 is 4.79 Å². The van der Waals surface area contributed by atoms with Crippen molar-refractivity contribution in [2.75, 3.05) is 0 Å². The van der Waals surface area contributed by atoms with Gasteiger partial charge in [0.15, 0.2) is 0 Å². The topological polar surface area (TPSA) is 17.1 Å². The molecule has 98 valence electrons. The van der Waals surface area contributed by atoms with Crippen LogP contribution in [0.1, 0.15) is 71.1 Å². The predicted octanol–water partition coefficient (Wildman–Crippen LogP) is 5.22. The fourth-order valence-corrected chi connectivity index (χ4v) is 1.73. The second-order valence-electron chi connectivity index (χ2n) is 4.51. The van der Waals surface area contributed by atoms with Gasteiger partial charge in [0, 0.05) is 6.42 Å². The van der Waals surface area contributed by atoms with Crippen molar-refractivity contribution in [3.63, 3.8) is 0 Å². The second-order valence-corrected chi connectivity index (χ2v) is 4.51. The van der Waals surface area contributed by atoms with E-state index in [9.17, 15) is 4.79 Å². The number of rotatable bonds is 12. The Bertz CT molecular complexity index is 204. The standard InChI is InChI=1S/C16H28O/c1-2-3-4-5-6-7-8-9-10-11-12-13-14-15-16-17/h10-13,16H,2-9,14-15H2,1H3/b11-10-,13-12+. The summed E-state index contributed by atoms with van der Waals surface area (Å²) in [6, 6.07) is 0. The Morgan fingerprint density at radius 2 is 1.29 bits per heavy atom. The van der Waals surface area contributed by atoms with E-state index in [0.29, 0.717) is 6.42 Å². The largest absolute Gasteiger partial charge is 0.303 e. The quantitative estimate of drug-likeness (QED) is 0.258. The highest BCUT2D eigenvalue weighted by Crippen LogP contribution is 2.08. The van der Waals surface area contributed by atoms with E-state index in [1.807, 2.05) is 6.08 Å². The first-order valence-corrected chi connectivity index (χ1v) is 7.17. The Balaban J connectivity index is 3.13. The molecular formula is C16H28O. The van der Waals surface area contributed by atoms with Gasteiger partial charge in [-0.25, -0.2) is 0 Å². The molecule has 0 aliphatic rings. The average Bonchev–Trinajstić information content (AvgIpc) is 2.35. The van der Waals surface area contributed by atoms with E-state index in [1.54, 1.807) is 0 Å². The molecule has 0 amide bonds. The molecule has 1 heteroatoms. The highest BCUT2D eigenvalue weighted by molar-refractivity contribution is 5.49. The average molecular weight is 236 g/mol. The molecule has 0 spiro atoms. The molecule has 0 fully saturated rings. The summed E-state index contributed by atoms with van der Waals surface area (Å²) < 4.78 is 0. The molecule has 0 unspecified atom stereocenters. The fourth-order valence-electron chi connectivity index (χ4n) is 1.73. The maximum absolute atomic E-state index is 10.1. The van der Waals surface area contributed by atoms with Gasteiger partial charge in [0.25, 0.3) is 0 Å². The molecular weight excluding hydrogens is 208 g/mol. The molecule has 0 saturated heterocycles. The summed E-state index contributed by atoms with van der Waals surface area (Å²) in [7, 11) is 0. The van der Waals surface area contributed by atoms with Crippen LogP contribution in [-0.4, -0.2) is 6.29 Å². The minimum atomic E-state index is 0.641. The van der Waals surface area contributed by atoms with E-state index in [4.69, 9.17) is 0 Å². The lowest BCUT2D eigenvalue weighted by atomic mass is 10.1. The number of carbonyl (C=O) groups is 1. The van der Waals surface area contributed by atoms with Crippen LogP contribution in [0.2, 0.25) is 0 Å². The van der Waals surface area contributed by atoms with Gasteiger partial charge >= 0.3 is 0 Å². The van der Waals surface area contributed by atoms with Gasteiger partial charge in [0.2, 0.25) is 0 Å². The lowest BCUT2D eigenvalue weighted by Crippen LogP contribution is -1.78. The first-order valence-electron chi connectivity index (χ1n) is 7.17. The monoisotopic (exact) mass is 236 g/mol. The van der Waals surface area contributed by atoms with Gasteiger partial charge in [0.1, 0.15) is 6.29 Å². The fraction of sp³-hybridized carbons (Fsp3) is 0.688. The minimum Gasteiger partial charge on any atom is -0.303 e. The number of carbonyl (C=O) groups excluding carboxylic acids is 1. The van der Waals surface area contributed by atoms with Gasteiger partial charge in [-0.05, 0) is 19.3 Å². The Labute approximate surface area is 107 Å². The highest BCUT2D eigenvalue weighted by Gasteiger charge is 1.88. The van der Waals surface area contributed by atoms with Crippen molar-refractivity contribution in [2.24, 2.45) is 0 Å². The summed E-state index contributed by atoms with van der Waals surface area (Å²) in [5, 5.41) is 0. The van der Waals surface area contributed by atoms with E-state index >= 15 is 0 Å². The number of hydrogen-bond acceptors (Lipinski definition) is 1. The Hall–Kier alpha value is -0.850. The van der Waals surface area contributed by atoms with Crippen molar-refractivity contribution >= 4 is 6.29 Å². The molecule has 1 nitrogen and oxygen atoms in total. The zero-order valence-electron chi connectivity index (χ0n) is 11.4. The van der Waals surface area contributed by atoms with E-state index < -0.39 is 0 Å². The van der Waals surface area contributed by atoms with Crippen LogP contribution in [0.3, 0.4) is 0 Å². The molecule has 0 atom stereocenters. The summed E-state index contributed by atoms with van der Waals surface area (Å²) >= 11 is 0. The zero-order valence-corrected chi connectivity index (χ0v) is 11.4. The maximum atomic E-state index is 10.1. The van der Waals surface area contributed by atoms with E-state index in [0.717, 1.165) is 12.7 Å². The molecule has 0 N–H and O–H groups in total. The first kappa shape index (κ1) is 16.1. The van der Waals surface area contributed by atoms with Crippen LogP contribution in [0.15, 0.2) is 24.3 Å². The van der Waals surface area contributed by atoms with Gasteiger partial charge in [-0.2, -0.15) is 0 Å². The molecule has 0 heterocycles. The normalized spacial score (nSPS) is 11.6. The van der Waals surface area contributed by atoms with Crippen LogP contribution >= 0.6 is 0 Å². The molecule has 0 bridgehead atoms. The molecule has 0 aliphatic heterocycles. The van der Waals surface area contributed by atoms with Crippen LogP contribution in [-0.2, 0) is 4.79 Å². The van der Waals surface area contributed by atoms with Gasteiger partial charge in [-0.3, -0.25) is 0 Å². The van der Waals surface area contributed by atoms with E-state index in [-0.39, 0.29) is 0 Å². The Kier molecular flexibility index (Phi) is 14.4. The Morgan fingerprint density at radius 1 is 0.706 bits per heavy atom. The Morgan fingerprint density at radius 3 is 1.94 bits per heavy atom. The SMILES string of the molecule is CCCCCCCCC/C=C\C=C\CCC=O. The molecule has 0 aromatic carbocycles. The first-order chi connectivity index (χ1) is 8.41. The number of hydrogen-bond donors (Lipinski definition) is 0. The predicted molar refractivity (Wildman–Crippen MR) is 76.2 cm³/mol. The van der Waals surface area contributed by atoms with Crippen molar-refractivity contribution in [2.45, 2.75) is 71.1 Å². The smallest absolute Gasteiger partial charge is 0.120 e. The molecule has 0 rings (SSSR count). The minimum absolute atomic E-state index is 0.641. The zero-order chi connectivity index (χ0) is 12.6. The van der Waals surface area contributed by atoms with Crippen LogP contribution in [0.5, 0.6) is 0 Å². The van der Waals surface area contributed by atoms with Gasteiger partial charge in [-0.15, -0.1) is 0 Å². The summed E-state index contributed by atoms with van der Waals surface area (Å²) in [4.78, 5) is 10.1. The molecule has 0 aromatic rings. The highest BCUT2D eigenvalue weighted by atomic mass is 16.1. The molecule has 0 aromatic heterocycles. The van der Waals surface area contributed by atoms with Crippen molar-refractivity contribution in [1.82, 2.24) is 0 Å². The van der Waals surface area contributed by atoms with Crippen LogP contribution in [0, 0.1) is 0 Å². The van der Waals surface area contributed by atoms with Crippen LogP contribution in [0.4, 0.5) is 0 Å². The van der Waals surface area contributed by atoms with Crippen LogP contribution in [0.25, 0.3) is 0 Å². The molecule has 0 radical (unpaired) electrons. The van der Waals surface area contributed by atoms with Gasteiger partial charge in [0.05, 0.1) is 0 Å². The van der Waals surface area contributed by atoms with Crippen molar-refractivity contribution in [3.05, 3.63) is 24.3 Å². The van der Waals surface area contributed by atoms with E-state index in [2.05, 4.69) is 25.2 Å². The third kappa shape index (κ3) is 15.1.